The van der Waals surface area contributed by atoms with Gasteiger partial charge in [0, 0.05) is 51.1 Å². The summed E-state index contributed by atoms with van der Waals surface area (Å²) in [6, 6.07) is 23.9. The first-order valence-electron chi connectivity index (χ1n) is 14.7. The van der Waals surface area contributed by atoms with Gasteiger partial charge < -0.3 is 20.1 Å². The number of fused-ring (bicyclic) bond motifs is 1. The Morgan fingerprint density at radius 1 is 0.864 bits per heavy atom. The lowest BCUT2D eigenvalue weighted by molar-refractivity contribution is -0.137. The molecule has 0 radical (unpaired) electrons. The highest BCUT2D eigenvalue weighted by Gasteiger charge is 2.30. The highest BCUT2D eigenvalue weighted by molar-refractivity contribution is 5.85. The third kappa shape index (κ3) is 6.94. The molecular formula is C33H35F3N8. The number of halogens is 3. The second kappa shape index (κ2) is 12.5. The van der Waals surface area contributed by atoms with E-state index >= 15 is 0 Å². The van der Waals surface area contributed by atoms with Crippen LogP contribution in [0.15, 0.2) is 85.2 Å². The number of piperidine rings is 1. The van der Waals surface area contributed by atoms with Gasteiger partial charge in [-0.3, -0.25) is 4.90 Å². The monoisotopic (exact) mass is 600 g/mol. The molecule has 6 rings (SSSR count). The van der Waals surface area contributed by atoms with Crippen LogP contribution in [-0.4, -0.2) is 57.6 Å². The number of nitrogens with zero attached hydrogens (tertiary/aromatic N) is 6. The molecule has 1 fully saturated rings. The zero-order valence-corrected chi connectivity index (χ0v) is 24.7. The number of aromatic nitrogens is 4. The van der Waals surface area contributed by atoms with Gasteiger partial charge in [0.05, 0.1) is 18.4 Å². The molecule has 0 unspecified atom stereocenters. The van der Waals surface area contributed by atoms with E-state index in [9.17, 15) is 13.2 Å². The Kier molecular flexibility index (Phi) is 8.38. The van der Waals surface area contributed by atoms with Crippen LogP contribution in [0.3, 0.4) is 0 Å². The number of hydrogen-bond acceptors (Lipinski definition) is 7. The summed E-state index contributed by atoms with van der Waals surface area (Å²) in [7, 11) is 3.96. The van der Waals surface area contributed by atoms with Crippen molar-refractivity contribution in [2.24, 2.45) is 0 Å². The predicted octanol–water partition coefficient (Wildman–Crippen LogP) is 6.78. The second-order valence-corrected chi connectivity index (χ2v) is 11.4. The van der Waals surface area contributed by atoms with E-state index in [1.807, 2.05) is 53.9 Å². The minimum atomic E-state index is -4.38. The fourth-order valence-corrected chi connectivity index (χ4v) is 5.47. The van der Waals surface area contributed by atoms with Crippen molar-refractivity contribution in [1.29, 1.82) is 0 Å². The van der Waals surface area contributed by atoms with E-state index in [-0.39, 0.29) is 6.04 Å². The number of anilines is 4. The number of imidazole rings is 1. The van der Waals surface area contributed by atoms with Gasteiger partial charge in [-0.15, -0.1) is 0 Å². The fourth-order valence-electron chi connectivity index (χ4n) is 5.47. The van der Waals surface area contributed by atoms with E-state index in [2.05, 4.69) is 44.8 Å². The summed E-state index contributed by atoms with van der Waals surface area (Å²) in [6.07, 6.45) is -0.798. The predicted molar refractivity (Wildman–Crippen MR) is 168 cm³/mol. The summed E-state index contributed by atoms with van der Waals surface area (Å²) >= 11 is 0. The summed E-state index contributed by atoms with van der Waals surface area (Å²) in [5.74, 6) is 1.04. The van der Waals surface area contributed by atoms with Crippen LogP contribution in [-0.2, 0) is 19.3 Å². The molecule has 0 bridgehead atoms. The number of alkyl halides is 3. The van der Waals surface area contributed by atoms with Gasteiger partial charge in [-0.25, -0.2) is 4.98 Å². The highest BCUT2D eigenvalue weighted by Crippen LogP contribution is 2.30. The maximum absolute atomic E-state index is 13.1. The van der Waals surface area contributed by atoms with E-state index < -0.39 is 11.7 Å². The van der Waals surface area contributed by atoms with Gasteiger partial charge in [-0.2, -0.15) is 23.1 Å². The summed E-state index contributed by atoms with van der Waals surface area (Å²) in [5.41, 5.74) is 4.43. The molecule has 44 heavy (non-hydrogen) atoms. The van der Waals surface area contributed by atoms with Crippen molar-refractivity contribution in [2.45, 2.75) is 38.1 Å². The molecule has 3 heterocycles. The Hall–Kier alpha value is -4.64. The zero-order valence-electron chi connectivity index (χ0n) is 24.7. The molecule has 11 heteroatoms. The minimum absolute atomic E-state index is 0.213. The minimum Gasteiger partial charge on any atom is -0.378 e. The summed E-state index contributed by atoms with van der Waals surface area (Å²) < 4.78 is 41.2. The molecule has 0 spiro atoms. The van der Waals surface area contributed by atoms with Gasteiger partial charge in [-0.1, -0.05) is 48.5 Å². The number of rotatable bonds is 9. The Bertz CT molecular complexity index is 1690. The zero-order chi connectivity index (χ0) is 30.7. The summed E-state index contributed by atoms with van der Waals surface area (Å²) in [4.78, 5) is 18.8. The molecule has 8 nitrogen and oxygen atoms in total. The molecule has 0 atom stereocenters. The van der Waals surface area contributed by atoms with Gasteiger partial charge in [0.1, 0.15) is 0 Å². The van der Waals surface area contributed by atoms with E-state index in [0.717, 1.165) is 56.0 Å². The molecule has 1 aliphatic heterocycles. The average molecular weight is 601 g/mol. The Labute approximate surface area is 254 Å². The smallest absolute Gasteiger partial charge is 0.378 e. The molecule has 0 amide bonds. The van der Waals surface area contributed by atoms with E-state index in [1.165, 1.54) is 17.7 Å². The van der Waals surface area contributed by atoms with Gasteiger partial charge in [0.25, 0.3) is 0 Å². The lowest BCUT2D eigenvalue weighted by Gasteiger charge is -2.32. The summed E-state index contributed by atoms with van der Waals surface area (Å²) in [5, 5.41) is 6.98. The van der Waals surface area contributed by atoms with Crippen molar-refractivity contribution < 1.29 is 13.2 Å². The topological polar surface area (TPSA) is 74.1 Å². The van der Waals surface area contributed by atoms with Crippen molar-refractivity contribution in [3.8, 4) is 0 Å². The molecule has 0 saturated carbocycles. The number of likely N-dealkylation sites (tertiary alicyclic amines) is 1. The molecule has 2 N–H and O–H groups in total. The van der Waals surface area contributed by atoms with E-state index in [0.29, 0.717) is 35.0 Å². The van der Waals surface area contributed by atoms with Crippen LogP contribution in [0.4, 0.5) is 36.3 Å². The lowest BCUT2D eigenvalue weighted by Crippen LogP contribution is -2.38. The molecule has 228 valence electrons. The standard InChI is InChI=1S/C33H35F3N8/c1-42(2)28-10-6-9-27(19-28)39-32-40-30(38-26-15-17-43(18-16-26)20-23-7-4-3-5-8-23)29-31(41-32)44(22-37-29)21-24-11-13-25(14-12-24)33(34,35)36/h3-14,19,22,26H,15-18,20-21H2,1-2H3,(H2,38,39,40,41). The first-order chi connectivity index (χ1) is 21.2. The van der Waals surface area contributed by atoms with Crippen molar-refractivity contribution in [3.05, 3.63) is 102 Å². The van der Waals surface area contributed by atoms with Crippen LogP contribution in [0.5, 0.6) is 0 Å². The van der Waals surface area contributed by atoms with Crippen molar-refractivity contribution in [1.82, 2.24) is 24.4 Å². The third-order valence-corrected chi connectivity index (χ3v) is 7.89. The largest absolute Gasteiger partial charge is 0.416 e. The van der Waals surface area contributed by atoms with Crippen molar-refractivity contribution in [2.75, 3.05) is 42.7 Å². The Morgan fingerprint density at radius 2 is 1.59 bits per heavy atom. The lowest BCUT2D eigenvalue weighted by atomic mass is 10.0. The van der Waals surface area contributed by atoms with Gasteiger partial charge in [-0.05, 0) is 54.3 Å². The third-order valence-electron chi connectivity index (χ3n) is 7.89. The molecule has 3 aromatic carbocycles. The quantitative estimate of drug-likeness (QED) is 0.193. The molecule has 1 aliphatic rings. The van der Waals surface area contributed by atoms with Gasteiger partial charge >= 0.3 is 6.18 Å². The van der Waals surface area contributed by atoms with Crippen LogP contribution < -0.4 is 15.5 Å². The van der Waals surface area contributed by atoms with Crippen LogP contribution in [0.25, 0.3) is 11.2 Å². The normalized spacial score (nSPS) is 14.6. The molecular weight excluding hydrogens is 565 g/mol. The highest BCUT2D eigenvalue weighted by atomic mass is 19.4. The van der Waals surface area contributed by atoms with Crippen LogP contribution in [0, 0.1) is 0 Å². The van der Waals surface area contributed by atoms with Crippen LogP contribution in [0.1, 0.15) is 29.5 Å². The maximum Gasteiger partial charge on any atom is 0.416 e. The van der Waals surface area contributed by atoms with Crippen molar-refractivity contribution in [3.63, 3.8) is 0 Å². The van der Waals surface area contributed by atoms with Gasteiger partial charge in [0.15, 0.2) is 17.0 Å². The average Bonchev–Trinajstić information content (AvgIpc) is 3.41. The fraction of sp³-hybridized carbons (Fsp3) is 0.303. The Balaban J connectivity index is 1.25. The maximum atomic E-state index is 13.1. The first kappa shape index (κ1) is 29.4. The Morgan fingerprint density at radius 3 is 2.30 bits per heavy atom. The second-order valence-electron chi connectivity index (χ2n) is 11.4. The molecule has 1 saturated heterocycles. The van der Waals surface area contributed by atoms with E-state index in [1.54, 1.807) is 6.33 Å². The number of nitrogens with one attached hydrogen (secondary N) is 2. The van der Waals surface area contributed by atoms with Crippen LogP contribution >= 0.6 is 0 Å². The van der Waals surface area contributed by atoms with Crippen LogP contribution in [0.2, 0.25) is 0 Å². The first-order valence-corrected chi connectivity index (χ1v) is 14.7. The van der Waals surface area contributed by atoms with Crippen molar-refractivity contribution >= 4 is 34.3 Å². The molecule has 0 aliphatic carbocycles. The molecule has 2 aromatic heterocycles. The number of benzene rings is 3. The molecule has 5 aromatic rings. The summed E-state index contributed by atoms with van der Waals surface area (Å²) in [6.45, 7) is 3.18. The SMILES string of the molecule is CN(C)c1cccc(Nc2nc(NC3CCN(Cc4ccccc4)CC3)c3ncn(Cc4ccc(C(F)(F)F)cc4)c3n2)c1. The number of hydrogen-bond donors (Lipinski definition) is 2. The van der Waals surface area contributed by atoms with E-state index in [4.69, 9.17) is 9.97 Å². The van der Waals surface area contributed by atoms with Gasteiger partial charge in [0.2, 0.25) is 5.95 Å².